The molecule has 12 nitrogen and oxygen atoms in total. The molecule has 12 heteroatoms. The van der Waals surface area contributed by atoms with Gasteiger partial charge in [-0.3, -0.25) is 24.4 Å². The lowest BCUT2D eigenvalue weighted by molar-refractivity contribution is -0.385. The summed E-state index contributed by atoms with van der Waals surface area (Å²) in [4.78, 5) is 38.0. The molecule has 2 heterocycles. The summed E-state index contributed by atoms with van der Waals surface area (Å²) in [5.74, 6) is -0.144. The minimum absolute atomic E-state index is 0.0873. The Labute approximate surface area is 159 Å². The van der Waals surface area contributed by atoms with E-state index in [2.05, 4.69) is 25.9 Å². The van der Waals surface area contributed by atoms with Crippen LogP contribution < -0.4 is 10.6 Å². The number of nitrogens with one attached hydrogen (secondary N) is 2. The summed E-state index contributed by atoms with van der Waals surface area (Å²) >= 11 is 0. The Morgan fingerprint density at radius 2 is 2.00 bits per heavy atom. The number of carbonyl (C=O) groups excluding carboxylic acids is 2. The molecular weight excluding hydrogens is 370 g/mol. The lowest BCUT2D eigenvalue weighted by Gasteiger charge is -2.17. The Morgan fingerprint density at radius 3 is 2.71 bits per heavy atom. The molecule has 2 amide bonds. The molecule has 2 aromatic rings. The van der Waals surface area contributed by atoms with Crippen molar-refractivity contribution in [3.05, 3.63) is 34.2 Å². The van der Waals surface area contributed by atoms with E-state index in [-0.39, 0.29) is 43.0 Å². The van der Waals surface area contributed by atoms with Gasteiger partial charge in [-0.1, -0.05) is 24.4 Å². The number of hydrogen-bond acceptors (Lipinski definition) is 8. The monoisotopic (exact) mass is 391 g/mol. The van der Waals surface area contributed by atoms with Gasteiger partial charge < -0.3 is 15.2 Å². The number of carbonyl (C=O) groups is 2. The van der Waals surface area contributed by atoms with Gasteiger partial charge in [0.25, 0.3) is 0 Å². The molecule has 0 aliphatic heterocycles. The standard InChI is InChI=1S/C16H21N7O5/c24-13(10-22-9-12(8-19-22)23(26)27)17-6-7-18-15(25)16-20-14(21-28-16)11-4-2-1-3-5-11/h8-9,11H,1-7,10H2,(H,17,24)(H,18,25). The van der Waals surface area contributed by atoms with Crippen molar-refractivity contribution in [3.63, 3.8) is 0 Å². The Kier molecular flexibility index (Phi) is 6.29. The minimum Gasteiger partial charge on any atom is -0.353 e. The van der Waals surface area contributed by atoms with Crippen molar-refractivity contribution in [2.24, 2.45) is 0 Å². The third-order valence-corrected chi connectivity index (χ3v) is 4.48. The van der Waals surface area contributed by atoms with Gasteiger partial charge in [0, 0.05) is 19.0 Å². The fraction of sp³-hybridized carbons (Fsp3) is 0.562. The summed E-state index contributed by atoms with van der Waals surface area (Å²) < 4.78 is 6.20. The van der Waals surface area contributed by atoms with Gasteiger partial charge in [-0.25, -0.2) is 0 Å². The molecule has 0 unspecified atom stereocenters. The molecule has 0 spiro atoms. The highest BCUT2D eigenvalue weighted by molar-refractivity contribution is 5.89. The number of amides is 2. The predicted molar refractivity (Wildman–Crippen MR) is 94.3 cm³/mol. The first kappa shape index (κ1) is 19.5. The number of aromatic nitrogens is 4. The van der Waals surface area contributed by atoms with E-state index in [1.165, 1.54) is 12.6 Å². The highest BCUT2D eigenvalue weighted by Gasteiger charge is 2.23. The third-order valence-electron chi connectivity index (χ3n) is 4.48. The maximum absolute atomic E-state index is 12.0. The summed E-state index contributed by atoms with van der Waals surface area (Å²) in [6.07, 6.45) is 7.72. The fourth-order valence-corrected chi connectivity index (χ4v) is 3.04. The zero-order valence-corrected chi connectivity index (χ0v) is 15.2. The number of nitro groups is 1. The van der Waals surface area contributed by atoms with Crippen LogP contribution >= 0.6 is 0 Å². The third kappa shape index (κ3) is 5.11. The maximum Gasteiger partial charge on any atom is 0.315 e. The van der Waals surface area contributed by atoms with Crippen LogP contribution in [0.15, 0.2) is 16.9 Å². The van der Waals surface area contributed by atoms with Crippen LogP contribution in [0.25, 0.3) is 0 Å². The highest BCUT2D eigenvalue weighted by Crippen LogP contribution is 2.30. The average Bonchev–Trinajstić information content (AvgIpc) is 3.36. The van der Waals surface area contributed by atoms with Crippen molar-refractivity contribution in [3.8, 4) is 0 Å². The first-order valence-corrected chi connectivity index (χ1v) is 9.08. The molecule has 1 aliphatic carbocycles. The molecule has 150 valence electrons. The molecule has 3 rings (SSSR count). The molecule has 1 aliphatic rings. The van der Waals surface area contributed by atoms with Gasteiger partial charge in [-0.2, -0.15) is 10.1 Å². The Balaban J connectivity index is 1.37. The highest BCUT2D eigenvalue weighted by atomic mass is 16.6. The van der Waals surface area contributed by atoms with Crippen molar-refractivity contribution < 1.29 is 19.0 Å². The SMILES string of the molecule is O=C(Cn1cc([N+](=O)[O-])cn1)NCCNC(=O)c1nc(C2CCCCC2)no1. The molecule has 0 atom stereocenters. The quantitative estimate of drug-likeness (QED) is 0.379. The van der Waals surface area contributed by atoms with E-state index in [0.717, 1.165) is 36.6 Å². The first-order valence-electron chi connectivity index (χ1n) is 9.08. The van der Waals surface area contributed by atoms with Crippen LogP contribution in [0.5, 0.6) is 0 Å². The lowest BCUT2D eigenvalue weighted by Crippen LogP contribution is -2.36. The molecule has 0 aromatic carbocycles. The van der Waals surface area contributed by atoms with Gasteiger partial charge >= 0.3 is 17.5 Å². The summed E-state index contributed by atoms with van der Waals surface area (Å²) in [7, 11) is 0. The fourth-order valence-electron chi connectivity index (χ4n) is 3.04. The molecule has 2 N–H and O–H groups in total. The van der Waals surface area contributed by atoms with E-state index in [4.69, 9.17) is 4.52 Å². The van der Waals surface area contributed by atoms with Crippen LogP contribution in [0.1, 0.15) is 54.5 Å². The molecule has 0 radical (unpaired) electrons. The van der Waals surface area contributed by atoms with Crippen LogP contribution in [0.3, 0.4) is 0 Å². The smallest absolute Gasteiger partial charge is 0.315 e. The first-order chi connectivity index (χ1) is 13.5. The van der Waals surface area contributed by atoms with Gasteiger partial charge in [-0.15, -0.1) is 0 Å². The van der Waals surface area contributed by atoms with E-state index in [1.807, 2.05) is 0 Å². The lowest BCUT2D eigenvalue weighted by atomic mass is 9.89. The predicted octanol–water partition coefficient (Wildman–Crippen LogP) is 0.768. The molecule has 2 aromatic heterocycles. The zero-order valence-electron chi connectivity index (χ0n) is 15.2. The Morgan fingerprint density at radius 1 is 1.25 bits per heavy atom. The van der Waals surface area contributed by atoms with Crippen LogP contribution in [0.2, 0.25) is 0 Å². The summed E-state index contributed by atoms with van der Waals surface area (Å²) in [6, 6.07) is 0. The summed E-state index contributed by atoms with van der Waals surface area (Å²) in [5, 5.41) is 23.4. The average molecular weight is 391 g/mol. The summed E-state index contributed by atoms with van der Waals surface area (Å²) in [6.45, 7) is 0.193. The Hall–Kier alpha value is -3.31. The van der Waals surface area contributed by atoms with Crippen LogP contribution in [0, 0.1) is 10.1 Å². The van der Waals surface area contributed by atoms with E-state index in [9.17, 15) is 19.7 Å². The van der Waals surface area contributed by atoms with Gasteiger partial charge in [0.15, 0.2) is 5.82 Å². The van der Waals surface area contributed by atoms with Crippen LogP contribution in [0.4, 0.5) is 5.69 Å². The van der Waals surface area contributed by atoms with E-state index < -0.39 is 10.8 Å². The minimum atomic E-state index is -0.589. The van der Waals surface area contributed by atoms with Gasteiger partial charge in [-0.05, 0) is 12.8 Å². The number of nitrogens with zero attached hydrogens (tertiary/aromatic N) is 5. The van der Waals surface area contributed by atoms with E-state index in [0.29, 0.717) is 5.82 Å². The van der Waals surface area contributed by atoms with Crippen molar-refractivity contribution in [1.29, 1.82) is 0 Å². The van der Waals surface area contributed by atoms with E-state index >= 15 is 0 Å². The summed E-state index contributed by atoms with van der Waals surface area (Å²) in [5.41, 5.74) is -0.188. The molecule has 0 bridgehead atoms. The van der Waals surface area contributed by atoms with Gasteiger partial charge in [0.05, 0.1) is 4.92 Å². The largest absolute Gasteiger partial charge is 0.353 e. The van der Waals surface area contributed by atoms with E-state index in [1.54, 1.807) is 0 Å². The van der Waals surface area contributed by atoms with Crippen molar-refractivity contribution in [2.75, 3.05) is 13.1 Å². The van der Waals surface area contributed by atoms with Crippen LogP contribution in [-0.4, -0.2) is 49.7 Å². The molecular formula is C16H21N7O5. The van der Waals surface area contributed by atoms with Crippen molar-refractivity contribution in [2.45, 2.75) is 44.6 Å². The molecule has 28 heavy (non-hydrogen) atoms. The van der Waals surface area contributed by atoms with Crippen molar-refractivity contribution in [1.82, 2.24) is 30.6 Å². The second kappa shape index (κ2) is 9.06. The number of hydrogen-bond donors (Lipinski definition) is 2. The molecule has 1 saturated carbocycles. The molecule has 0 saturated heterocycles. The van der Waals surface area contributed by atoms with Gasteiger partial charge in [0.1, 0.15) is 18.9 Å². The second-order valence-electron chi connectivity index (χ2n) is 6.55. The Bertz CT molecular complexity index is 840. The maximum atomic E-state index is 12.0. The topological polar surface area (TPSA) is 158 Å². The van der Waals surface area contributed by atoms with Gasteiger partial charge in [0.2, 0.25) is 5.91 Å². The molecule has 1 fully saturated rings. The zero-order chi connectivity index (χ0) is 19.9. The normalized spacial score (nSPS) is 14.6. The van der Waals surface area contributed by atoms with Crippen LogP contribution in [-0.2, 0) is 11.3 Å². The second-order valence-corrected chi connectivity index (χ2v) is 6.55. The van der Waals surface area contributed by atoms with Crippen molar-refractivity contribution >= 4 is 17.5 Å². The number of rotatable bonds is 8.